The predicted octanol–water partition coefficient (Wildman–Crippen LogP) is 0.441. The van der Waals surface area contributed by atoms with Gasteiger partial charge in [0.15, 0.2) is 0 Å². The zero-order chi connectivity index (χ0) is 10.9. The number of halogens is 1. The third-order valence-electron chi connectivity index (χ3n) is 1.53. The van der Waals surface area contributed by atoms with Crippen LogP contribution in [0, 0.1) is 11.3 Å². The predicted molar refractivity (Wildman–Crippen MR) is 52.0 cm³/mol. The van der Waals surface area contributed by atoms with Crippen LogP contribution in [-0.2, 0) is 10.0 Å². The van der Waals surface area contributed by atoms with Gasteiger partial charge in [0.2, 0.25) is 10.0 Å². The lowest BCUT2D eigenvalue weighted by molar-refractivity contribution is 0.598. The van der Waals surface area contributed by atoms with Crippen molar-refractivity contribution in [1.82, 2.24) is 0 Å². The summed E-state index contributed by atoms with van der Waals surface area (Å²) in [5, 5.41) is 13.4. The summed E-state index contributed by atoms with van der Waals surface area (Å²) in [6.07, 6.45) is 0. The summed E-state index contributed by atoms with van der Waals surface area (Å²) in [5.41, 5.74) is 5.54. The Bertz CT molecular complexity index is 518. The van der Waals surface area contributed by atoms with Gasteiger partial charge in [0.05, 0.1) is 16.3 Å². The van der Waals surface area contributed by atoms with Crippen LogP contribution in [-0.4, -0.2) is 8.42 Å². The SMILES string of the molecule is N#Cc1cc(S(N)(=O)=O)c(Cl)cc1N. The zero-order valence-electron chi connectivity index (χ0n) is 6.86. The Morgan fingerprint density at radius 2 is 2.00 bits per heavy atom. The van der Waals surface area contributed by atoms with Crippen LogP contribution in [0.2, 0.25) is 5.02 Å². The number of hydrogen-bond donors (Lipinski definition) is 2. The van der Waals surface area contributed by atoms with E-state index in [4.69, 9.17) is 27.7 Å². The van der Waals surface area contributed by atoms with Gasteiger partial charge in [-0.05, 0) is 12.1 Å². The van der Waals surface area contributed by atoms with Crippen LogP contribution in [0.15, 0.2) is 17.0 Å². The molecule has 0 fully saturated rings. The lowest BCUT2D eigenvalue weighted by Crippen LogP contribution is -2.13. The molecule has 0 atom stereocenters. The first-order valence-electron chi connectivity index (χ1n) is 3.38. The van der Waals surface area contributed by atoms with Gasteiger partial charge in [-0.3, -0.25) is 0 Å². The number of rotatable bonds is 1. The van der Waals surface area contributed by atoms with Gasteiger partial charge in [-0.15, -0.1) is 0 Å². The number of nitriles is 1. The molecule has 0 saturated carbocycles. The molecule has 0 bridgehead atoms. The monoisotopic (exact) mass is 231 g/mol. The molecule has 7 heteroatoms. The number of nitrogen functional groups attached to an aromatic ring is 1. The fourth-order valence-electron chi connectivity index (χ4n) is 0.884. The molecule has 0 unspecified atom stereocenters. The van der Waals surface area contributed by atoms with Crippen molar-refractivity contribution in [3.05, 3.63) is 22.7 Å². The summed E-state index contributed by atoms with van der Waals surface area (Å²) in [7, 11) is -3.92. The van der Waals surface area contributed by atoms with Crippen LogP contribution in [0.25, 0.3) is 0 Å². The largest absolute Gasteiger partial charge is 0.398 e. The topological polar surface area (TPSA) is 110 Å². The Morgan fingerprint density at radius 1 is 1.43 bits per heavy atom. The lowest BCUT2D eigenvalue weighted by Gasteiger charge is -2.03. The zero-order valence-corrected chi connectivity index (χ0v) is 8.43. The average Bonchev–Trinajstić information content (AvgIpc) is 2.02. The molecule has 0 heterocycles. The molecule has 0 radical (unpaired) electrons. The number of sulfonamides is 1. The van der Waals surface area contributed by atoms with E-state index in [9.17, 15) is 8.42 Å². The highest BCUT2D eigenvalue weighted by Gasteiger charge is 2.15. The number of nitrogens with zero attached hydrogens (tertiary/aromatic N) is 1. The fourth-order valence-corrected chi connectivity index (χ4v) is 1.99. The number of primary sulfonamides is 1. The Balaban J connectivity index is 3.58. The van der Waals surface area contributed by atoms with Crippen molar-refractivity contribution < 1.29 is 8.42 Å². The molecule has 0 spiro atoms. The standard InChI is InChI=1S/C7H6ClN3O2S/c8-5-2-6(10)4(3-9)1-7(5)14(11,12)13/h1-2H,10H2,(H2,11,12,13). The van der Waals surface area contributed by atoms with E-state index >= 15 is 0 Å². The lowest BCUT2D eigenvalue weighted by atomic mass is 10.2. The maximum atomic E-state index is 11.0. The molecule has 0 aromatic heterocycles. The van der Waals surface area contributed by atoms with Crippen LogP contribution in [0.4, 0.5) is 5.69 Å². The van der Waals surface area contributed by atoms with Crippen molar-refractivity contribution in [2.24, 2.45) is 5.14 Å². The molecule has 1 rings (SSSR count). The molecule has 0 aliphatic carbocycles. The van der Waals surface area contributed by atoms with Crippen LogP contribution >= 0.6 is 11.6 Å². The first-order valence-corrected chi connectivity index (χ1v) is 5.30. The highest BCUT2D eigenvalue weighted by Crippen LogP contribution is 2.25. The molecule has 0 aliphatic rings. The molecule has 0 saturated heterocycles. The second-order valence-electron chi connectivity index (χ2n) is 2.53. The fraction of sp³-hybridized carbons (Fsp3) is 0. The highest BCUT2D eigenvalue weighted by molar-refractivity contribution is 7.89. The minimum atomic E-state index is -3.92. The first kappa shape index (κ1) is 10.8. The normalized spacial score (nSPS) is 10.9. The van der Waals surface area contributed by atoms with Gasteiger partial charge >= 0.3 is 0 Å². The summed E-state index contributed by atoms with van der Waals surface area (Å²) in [5.74, 6) is 0. The third kappa shape index (κ3) is 1.96. The number of anilines is 1. The quantitative estimate of drug-likeness (QED) is 0.684. The second kappa shape index (κ2) is 3.46. The van der Waals surface area contributed by atoms with Gasteiger partial charge in [-0.1, -0.05) is 11.6 Å². The summed E-state index contributed by atoms with van der Waals surface area (Å²) in [6.45, 7) is 0. The molecule has 14 heavy (non-hydrogen) atoms. The van der Waals surface area contributed by atoms with Gasteiger partial charge in [0.1, 0.15) is 11.0 Å². The van der Waals surface area contributed by atoms with E-state index in [1.807, 2.05) is 0 Å². The number of hydrogen-bond acceptors (Lipinski definition) is 4. The minimum Gasteiger partial charge on any atom is -0.398 e. The van der Waals surface area contributed by atoms with Crippen molar-refractivity contribution in [1.29, 1.82) is 5.26 Å². The average molecular weight is 232 g/mol. The van der Waals surface area contributed by atoms with E-state index in [-0.39, 0.29) is 21.2 Å². The van der Waals surface area contributed by atoms with Crippen molar-refractivity contribution in [2.45, 2.75) is 4.90 Å². The summed E-state index contributed by atoms with van der Waals surface area (Å²) < 4.78 is 22.0. The summed E-state index contributed by atoms with van der Waals surface area (Å²) in [4.78, 5) is -0.301. The Kier molecular flexibility index (Phi) is 2.66. The van der Waals surface area contributed by atoms with Crippen LogP contribution < -0.4 is 10.9 Å². The molecule has 1 aromatic carbocycles. The maximum absolute atomic E-state index is 11.0. The van der Waals surface area contributed by atoms with Crippen LogP contribution in [0.1, 0.15) is 5.56 Å². The molecule has 5 nitrogen and oxygen atoms in total. The molecule has 74 valence electrons. The molecule has 4 N–H and O–H groups in total. The van der Waals surface area contributed by atoms with E-state index in [1.165, 1.54) is 6.07 Å². The van der Waals surface area contributed by atoms with E-state index in [0.717, 1.165) is 6.07 Å². The van der Waals surface area contributed by atoms with Crippen molar-refractivity contribution in [3.63, 3.8) is 0 Å². The smallest absolute Gasteiger partial charge is 0.239 e. The molecular weight excluding hydrogens is 226 g/mol. The summed E-state index contributed by atoms with van der Waals surface area (Å²) in [6, 6.07) is 3.96. The molecule has 0 amide bonds. The number of nitrogens with two attached hydrogens (primary N) is 2. The third-order valence-corrected chi connectivity index (χ3v) is 2.91. The summed E-state index contributed by atoms with van der Waals surface area (Å²) >= 11 is 5.59. The number of benzene rings is 1. The van der Waals surface area contributed by atoms with E-state index in [0.29, 0.717) is 0 Å². The minimum absolute atomic E-state index is 0.0263. The first-order chi connectivity index (χ1) is 6.36. The van der Waals surface area contributed by atoms with Crippen molar-refractivity contribution in [2.75, 3.05) is 5.73 Å². The molecule has 1 aromatic rings. The molecule has 0 aliphatic heterocycles. The highest BCUT2D eigenvalue weighted by atomic mass is 35.5. The molecular formula is C7H6ClN3O2S. The van der Waals surface area contributed by atoms with Gasteiger partial charge < -0.3 is 5.73 Å². The van der Waals surface area contributed by atoms with Crippen molar-refractivity contribution >= 4 is 27.3 Å². The van der Waals surface area contributed by atoms with Gasteiger partial charge in [0.25, 0.3) is 0 Å². The van der Waals surface area contributed by atoms with Crippen LogP contribution in [0.5, 0.6) is 0 Å². The maximum Gasteiger partial charge on any atom is 0.239 e. The van der Waals surface area contributed by atoms with Gasteiger partial charge in [-0.25, -0.2) is 13.6 Å². The van der Waals surface area contributed by atoms with E-state index in [2.05, 4.69) is 0 Å². The second-order valence-corrected chi connectivity index (χ2v) is 4.46. The van der Waals surface area contributed by atoms with Crippen molar-refractivity contribution in [3.8, 4) is 6.07 Å². The van der Waals surface area contributed by atoms with E-state index in [1.54, 1.807) is 6.07 Å². The Labute approximate surface area is 85.9 Å². The van der Waals surface area contributed by atoms with Crippen LogP contribution in [0.3, 0.4) is 0 Å². The Hall–Kier alpha value is -1.29. The van der Waals surface area contributed by atoms with Gasteiger partial charge in [-0.2, -0.15) is 5.26 Å². The Morgan fingerprint density at radius 3 is 2.43 bits per heavy atom. The van der Waals surface area contributed by atoms with Gasteiger partial charge in [0, 0.05) is 0 Å². The van der Waals surface area contributed by atoms with E-state index < -0.39 is 10.0 Å².